The molecule has 6 nitrogen and oxygen atoms in total. The van der Waals surface area contributed by atoms with Gasteiger partial charge in [-0.15, -0.1) is 5.10 Å². The first kappa shape index (κ1) is 14.1. The number of amides is 1. The minimum atomic E-state index is -0.491. The van der Waals surface area contributed by atoms with Crippen LogP contribution in [0.15, 0.2) is 36.5 Å². The van der Waals surface area contributed by atoms with E-state index in [2.05, 4.69) is 20.4 Å². The topological polar surface area (TPSA) is 72.2 Å². The van der Waals surface area contributed by atoms with Gasteiger partial charge < -0.3 is 5.32 Å². The summed E-state index contributed by atoms with van der Waals surface area (Å²) in [4.78, 5) is 20.3. The second-order valence-corrected chi connectivity index (χ2v) is 4.95. The zero-order valence-corrected chi connectivity index (χ0v) is 12.1. The number of carbonyl (C=O) groups excluding carboxylic acids is 1. The molecule has 1 aromatic carbocycles. The van der Waals surface area contributed by atoms with Crippen molar-refractivity contribution in [3.05, 3.63) is 59.4 Å². The summed E-state index contributed by atoms with van der Waals surface area (Å²) in [7, 11) is 0. The Balaban J connectivity index is 1.84. The zero-order chi connectivity index (χ0) is 15.7. The SMILES string of the molecule is Cc1ccnc2nc(C(=O)N[C@H](C)c3ccccc3F)nn12. The van der Waals surface area contributed by atoms with Gasteiger partial charge in [0.15, 0.2) is 0 Å². The molecule has 1 amide bonds. The zero-order valence-electron chi connectivity index (χ0n) is 12.1. The van der Waals surface area contributed by atoms with Crippen LogP contribution in [0, 0.1) is 12.7 Å². The highest BCUT2D eigenvalue weighted by Crippen LogP contribution is 2.16. The third kappa shape index (κ3) is 2.52. The van der Waals surface area contributed by atoms with Gasteiger partial charge in [0.2, 0.25) is 5.82 Å². The Morgan fingerprint density at radius 3 is 2.82 bits per heavy atom. The predicted octanol–water partition coefficient (Wildman–Crippen LogP) is 2.06. The monoisotopic (exact) mass is 299 g/mol. The van der Waals surface area contributed by atoms with Gasteiger partial charge in [0.1, 0.15) is 5.82 Å². The van der Waals surface area contributed by atoms with Crippen molar-refractivity contribution in [2.24, 2.45) is 0 Å². The summed E-state index contributed by atoms with van der Waals surface area (Å²) >= 11 is 0. The molecule has 0 aliphatic heterocycles. The molecule has 3 aromatic rings. The van der Waals surface area contributed by atoms with Gasteiger partial charge in [-0.3, -0.25) is 4.79 Å². The second-order valence-electron chi connectivity index (χ2n) is 4.95. The number of rotatable bonds is 3. The average Bonchev–Trinajstić information content (AvgIpc) is 2.93. The van der Waals surface area contributed by atoms with Gasteiger partial charge in [0, 0.05) is 17.5 Å². The minimum Gasteiger partial charge on any atom is -0.343 e. The highest BCUT2D eigenvalue weighted by atomic mass is 19.1. The highest BCUT2D eigenvalue weighted by molar-refractivity contribution is 5.91. The van der Waals surface area contributed by atoms with Crippen molar-refractivity contribution in [3.63, 3.8) is 0 Å². The lowest BCUT2D eigenvalue weighted by Gasteiger charge is -2.13. The Hall–Kier alpha value is -2.83. The third-order valence-corrected chi connectivity index (χ3v) is 3.35. The standard InChI is InChI=1S/C15H14FN5O/c1-9-7-8-17-15-19-13(20-21(9)15)14(22)18-10(2)11-5-3-4-6-12(11)16/h3-8,10H,1-2H3,(H,18,22)/t10-/m1/s1. The maximum absolute atomic E-state index is 13.7. The van der Waals surface area contributed by atoms with Crippen LogP contribution in [-0.2, 0) is 0 Å². The average molecular weight is 299 g/mol. The van der Waals surface area contributed by atoms with Crippen molar-refractivity contribution < 1.29 is 9.18 Å². The molecule has 1 N–H and O–H groups in total. The van der Waals surface area contributed by atoms with Crippen LogP contribution in [0.2, 0.25) is 0 Å². The maximum Gasteiger partial charge on any atom is 0.291 e. The molecule has 0 saturated carbocycles. The molecule has 0 bridgehead atoms. The number of nitrogens with one attached hydrogen (secondary N) is 1. The van der Waals surface area contributed by atoms with Crippen LogP contribution in [0.5, 0.6) is 0 Å². The fraction of sp³-hybridized carbons (Fsp3) is 0.200. The van der Waals surface area contributed by atoms with Gasteiger partial charge in [0.25, 0.3) is 11.7 Å². The van der Waals surface area contributed by atoms with E-state index in [1.54, 1.807) is 37.4 Å². The Morgan fingerprint density at radius 2 is 2.09 bits per heavy atom. The van der Waals surface area contributed by atoms with E-state index >= 15 is 0 Å². The van der Waals surface area contributed by atoms with E-state index in [9.17, 15) is 9.18 Å². The number of halogens is 1. The predicted molar refractivity (Wildman–Crippen MR) is 77.8 cm³/mol. The Labute approximate surface area is 126 Å². The van der Waals surface area contributed by atoms with Crippen molar-refractivity contribution in [2.45, 2.75) is 19.9 Å². The fourth-order valence-electron chi connectivity index (χ4n) is 2.17. The molecular weight excluding hydrogens is 285 g/mol. The number of carbonyl (C=O) groups is 1. The number of nitrogens with zero attached hydrogens (tertiary/aromatic N) is 4. The summed E-state index contributed by atoms with van der Waals surface area (Å²) in [6.07, 6.45) is 1.60. The van der Waals surface area contributed by atoms with Crippen LogP contribution >= 0.6 is 0 Å². The fourth-order valence-corrected chi connectivity index (χ4v) is 2.17. The normalized spacial score (nSPS) is 12.3. The van der Waals surface area contributed by atoms with Gasteiger partial charge in [-0.05, 0) is 26.0 Å². The molecule has 112 valence electrons. The van der Waals surface area contributed by atoms with Gasteiger partial charge in [-0.2, -0.15) is 4.98 Å². The Bertz CT molecular complexity index is 845. The summed E-state index contributed by atoms with van der Waals surface area (Å²) in [6, 6.07) is 7.58. The lowest BCUT2D eigenvalue weighted by Crippen LogP contribution is -2.28. The van der Waals surface area contributed by atoms with Gasteiger partial charge >= 0.3 is 0 Å². The van der Waals surface area contributed by atoms with E-state index < -0.39 is 11.9 Å². The molecule has 0 saturated heterocycles. The van der Waals surface area contributed by atoms with Crippen molar-refractivity contribution in [2.75, 3.05) is 0 Å². The summed E-state index contributed by atoms with van der Waals surface area (Å²) in [5.41, 5.74) is 1.23. The van der Waals surface area contributed by atoms with Gasteiger partial charge in [0.05, 0.1) is 6.04 Å². The number of fused-ring (bicyclic) bond motifs is 1. The van der Waals surface area contributed by atoms with E-state index in [4.69, 9.17) is 0 Å². The first-order valence-corrected chi connectivity index (χ1v) is 6.80. The third-order valence-electron chi connectivity index (χ3n) is 3.35. The molecular formula is C15H14FN5O. The molecule has 1 atom stereocenters. The number of aryl methyl sites for hydroxylation is 1. The number of aromatic nitrogens is 4. The van der Waals surface area contributed by atoms with Crippen LogP contribution in [0.25, 0.3) is 5.78 Å². The number of hydrogen-bond donors (Lipinski definition) is 1. The second kappa shape index (κ2) is 5.51. The van der Waals surface area contributed by atoms with E-state index in [0.29, 0.717) is 11.3 Å². The van der Waals surface area contributed by atoms with E-state index in [1.165, 1.54) is 10.6 Å². The lowest BCUT2D eigenvalue weighted by molar-refractivity contribution is 0.0929. The highest BCUT2D eigenvalue weighted by Gasteiger charge is 2.18. The number of hydrogen-bond acceptors (Lipinski definition) is 4. The summed E-state index contributed by atoms with van der Waals surface area (Å²) in [5, 5.41) is 6.81. The molecule has 3 rings (SSSR count). The van der Waals surface area contributed by atoms with Crippen molar-refractivity contribution in [1.82, 2.24) is 24.9 Å². The van der Waals surface area contributed by atoms with Crippen molar-refractivity contribution >= 4 is 11.7 Å². The molecule has 0 fully saturated rings. The summed E-state index contributed by atoms with van der Waals surface area (Å²) in [5.74, 6) is -0.481. The van der Waals surface area contributed by atoms with Crippen molar-refractivity contribution in [1.29, 1.82) is 0 Å². The first-order chi connectivity index (χ1) is 10.6. The molecule has 22 heavy (non-hydrogen) atoms. The maximum atomic E-state index is 13.7. The van der Waals surface area contributed by atoms with Crippen LogP contribution in [0.4, 0.5) is 4.39 Å². The molecule has 7 heteroatoms. The van der Waals surface area contributed by atoms with Gasteiger partial charge in [-0.25, -0.2) is 13.9 Å². The lowest BCUT2D eigenvalue weighted by atomic mass is 10.1. The Morgan fingerprint density at radius 1 is 1.32 bits per heavy atom. The molecule has 2 aromatic heterocycles. The molecule has 2 heterocycles. The van der Waals surface area contributed by atoms with E-state index in [1.807, 2.05) is 6.92 Å². The largest absolute Gasteiger partial charge is 0.343 e. The van der Waals surface area contributed by atoms with Crippen molar-refractivity contribution in [3.8, 4) is 0 Å². The molecule has 0 spiro atoms. The van der Waals surface area contributed by atoms with Crippen LogP contribution < -0.4 is 5.32 Å². The number of benzene rings is 1. The Kier molecular flexibility index (Phi) is 3.54. The summed E-state index contributed by atoms with van der Waals surface area (Å²) in [6.45, 7) is 3.54. The first-order valence-electron chi connectivity index (χ1n) is 6.80. The van der Waals surface area contributed by atoms with Crippen LogP contribution in [0.1, 0.15) is 34.8 Å². The molecule has 0 aliphatic rings. The van der Waals surface area contributed by atoms with E-state index in [-0.39, 0.29) is 11.6 Å². The smallest absolute Gasteiger partial charge is 0.291 e. The molecule has 0 radical (unpaired) electrons. The van der Waals surface area contributed by atoms with Crippen LogP contribution in [0.3, 0.4) is 0 Å². The molecule has 0 unspecified atom stereocenters. The molecule has 0 aliphatic carbocycles. The minimum absolute atomic E-state index is 0.00462. The van der Waals surface area contributed by atoms with Gasteiger partial charge in [-0.1, -0.05) is 18.2 Å². The van der Waals surface area contributed by atoms with Crippen LogP contribution in [-0.4, -0.2) is 25.5 Å². The van der Waals surface area contributed by atoms with E-state index in [0.717, 1.165) is 5.69 Å². The summed E-state index contributed by atoms with van der Waals surface area (Å²) < 4.78 is 15.2. The quantitative estimate of drug-likeness (QED) is 0.803.